The minimum Gasteiger partial charge on any atom is -0.496 e. The number of hydrogen-bond donors (Lipinski definition) is 1. The molecule has 0 aromatic heterocycles. The number of rotatable bonds is 4. The van der Waals surface area contributed by atoms with E-state index >= 15 is 0 Å². The average molecular weight is 286 g/mol. The molecule has 1 aliphatic heterocycles. The molecule has 0 bridgehead atoms. The number of halogens is 1. The average Bonchev–Trinajstić information content (AvgIpc) is 2.23. The summed E-state index contributed by atoms with van der Waals surface area (Å²) in [5, 5.41) is 3.51. The quantitative estimate of drug-likeness (QED) is 0.922. The zero-order valence-electron chi connectivity index (χ0n) is 9.50. The number of nitrogens with one attached hydrogen (secondary N) is 1. The van der Waals surface area contributed by atoms with Crippen LogP contribution in [0.2, 0.25) is 0 Å². The van der Waals surface area contributed by atoms with Gasteiger partial charge in [0.15, 0.2) is 0 Å². The lowest BCUT2D eigenvalue weighted by Crippen LogP contribution is -2.46. The second-order valence-electron chi connectivity index (χ2n) is 4.02. The van der Waals surface area contributed by atoms with E-state index in [9.17, 15) is 0 Å². The maximum absolute atomic E-state index is 5.21. The molecule has 1 fully saturated rings. The van der Waals surface area contributed by atoms with E-state index in [0.29, 0.717) is 12.1 Å². The van der Waals surface area contributed by atoms with Crippen molar-refractivity contribution >= 4 is 15.9 Å². The summed E-state index contributed by atoms with van der Waals surface area (Å²) in [5.74, 6) is 0.864. The Morgan fingerprint density at radius 3 is 2.75 bits per heavy atom. The Labute approximate surface area is 104 Å². The van der Waals surface area contributed by atoms with E-state index in [1.165, 1.54) is 5.56 Å². The van der Waals surface area contributed by atoms with Gasteiger partial charge in [-0.05, 0) is 40.5 Å². The predicted octanol–water partition coefficient (Wildman–Crippen LogP) is 2.51. The molecule has 4 heteroatoms. The summed E-state index contributed by atoms with van der Waals surface area (Å²) < 4.78 is 11.3. The molecule has 0 amide bonds. The highest BCUT2D eigenvalue weighted by Gasteiger charge is 2.20. The predicted molar refractivity (Wildman–Crippen MR) is 66.9 cm³/mol. The Kier molecular flexibility index (Phi) is 3.84. The molecule has 1 atom stereocenters. The molecule has 1 N–H and O–H groups in total. The van der Waals surface area contributed by atoms with Crippen molar-refractivity contribution in [1.82, 2.24) is 5.32 Å². The molecule has 1 saturated heterocycles. The topological polar surface area (TPSA) is 30.5 Å². The molecule has 16 heavy (non-hydrogen) atoms. The molecular weight excluding hydrogens is 270 g/mol. The standard InChI is InChI=1S/C12H16BrNO2/c1-8(14-10-6-16-7-10)9-3-4-12(15-2)11(13)5-9/h3-5,8,10,14H,6-7H2,1-2H3. The zero-order chi connectivity index (χ0) is 11.5. The first kappa shape index (κ1) is 11.9. The summed E-state index contributed by atoms with van der Waals surface area (Å²) in [5.41, 5.74) is 1.25. The van der Waals surface area contributed by atoms with Gasteiger partial charge in [0.25, 0.3) is 0 Å². The van der Waals surface area contributed by atoms with Crippen molar-refractivity contribution in [2.75, 3.05) is 20.3 Å². The molecule has 2 rings (SSSR count). The molecule has 1 aromatic rings. The first-order valence-electron chi connectivity index (χ1n) is 5.38. The lowest BCUT2D eigenvalue weighted by Gasteiger charge is -2.30. The third kappa shape index (κ3) is 2.56. The van der Waals surface area contributed by atoms with Gasteiger partial charge in [-0.2, -0.15) is 0 Å². The molecule has 1 aliphatic rings. The van der Waals surface area contributed by atoms with Gasteiger partial charge in [-0.3, -0.25) is 0 Å². The number of benzene rings is 1. The Bertz CT molecular complexity index is 366. The van der Waals surface area contributed by atoms with Crippen LogP contribution in [0.5, 0.6) is 5.75 Å². The molecule has 0 aliphatic carbocycles. The molecule has 0 saturated carbocycles. The van der Waals surface area contributed by atoms with Gasteiger partial charge in [0.2, 0.25) is 0 Å². The van der Waals surface area contributed by atoms with Crippen molar-refractivity contribution < 1.29 is 9.47 Å². The fourth-order valence-corrected chi connectivity index (χ4v) is 2.29. The molecule has 1 aromatic carbocycles. The summed E-state index contributed by atoms with van der Waals surface area (Å²) >= 11 is 3.50. The minimum atomic E-state index is 0.330. The first-order valence-corrected chi connectivity index (χ1v) is 6.17. The fourth-order valence-electron chi connectivity index (χ4n) is 1.73. The van der Waals surface area contributed by atoms with Crippen LogP contribution >= 0.6 is 15.9 Å². The van der Waals surface area contributed by atoms with Crippen molar-refractivity contribution in [3.05, 3.63) is 28.2 Å². The third-order valence-corrected chi connectivity index (χ3v) is 3.42. The van der Waals surface area contributed by atoms with Crippen LogP contribution in [0.3, 0.4) is 0 Å². The lowest BCUT2D eigenvalue weighted by molar-refractivity contribution is -0.00925. The Hall–Kier alpha value is -0.580. The summed E-state index contributed by atoms with van der Waals surface area (Å²) in [6, 6.07) is 6.98. The molecule has 0 radical (unpaired) electrons. The first-order chi connectivity index (χ1) is 7.70. The van der Waals surface area contributed by atoms with Gasteiger partial charge in [-0.1, -0.05) is 6.07 Å². The van der Waals surface area contributed by atoms with Gasteiger partial charge in [0.05, 0.1) is 30.8 Å². The fraction of sp³-hybridized carbons (Fsp3) is 0.500. The van der Waals surface area contributed by atoms with Crippen molar-refractivity contribution in [3.8, 4) is 5.75 Å². The summed E-state index contributed by atoms with van der Waals surface area (Å²) in [4.78, 5) is 0. The van der Waals surface area contributed by atoms with Gasteiger partial charge < -0.3 is 14.8 Å². The Morgan fingerprint density at radius 1 is 1.50 bits per heavy atom. The van der Waals surface area contributed by atoms with E-state index in [0.717, 1.165) is 23.4 Å². The van der Waals surface area contributed by atoms with Gasteiger partial charge in [-0.25, -0.2) is 0 Å². The van der Waals surface area contributed by atoms with Crippen molar-refractivity contribution in [2.45, 2.75) is 19.0 Å². The lowest BCUT2D eigenvalue weighted by atomic mass is 10.1. The highest BCUT2D eigenvalue weighted by atomic mass is 79.9. The van der Waals surface area contributed by atoms with Crippen molar-refractivity contribution in [1.29, 1.82) is 0 Å². The van der Waals surface area contributed by atoms with Crippen LogP contribution in [0.4, 0.5) is 0 Å². The number of methoxy groups -OCH3 is 1. The van der Waals surface area contributed by atoms with Crippen LogP contribution in [0.25, 0.3) is 0 Å². The van der Waals surface area contributed by atoms with Crippen LogP contribution < -0.4 is 10.1 Å². The number of hydrogen-bond acceptors (Lipinski definition) is 3. The molecule has 3 nitrogen and oxygen atoms in total. The van der Waals surface area contributed by atoms with Crippen LogP contribution in [0.15, 0.2) is 22.7 Å². The van der Waals surface area contributed by atoms with Crippen LogP contribution in [0, 0.1) is 0 Å². The molecule has 88 valence electrons. The maximum atomic E-state index is 5.21. The second kappa shape index (κ2) is 5.17. The Balaban J connectivity index is 2.04. The van der Waals surface area contributed by atoms with Crippen molar-refractivity contribution in [2.24, 2.45) is 0 Å². The third-order valence-electron chi connectivity index (χ3n) is 2.80. The minimum absolute atomic E-state index is 0.330. The van der Waals surface area contributed by atoms with E-state index in [1.807, 2.05) is 6.07 Å². The van der Waals surface area contributed by atoms with Crippen LogP contribution in [-0.4, -0.2) is 26.4 Å². The van der Waals surface area contributed by atoms with Gasteiger partial charge in [0.1, 0.15) is 5.75 Å². The summed E-state index contributed by atoms with van der Waals surface area (Å²) in [7, 11) is 1.67. The highest BCUT2D eigenvalue weighted by molar-refractivity contribution is 9.10. The van der Waals surface area contributed by atoms with E-state index in [1.54, 1.807) is 7.11 Å². The molecular formula is C12H16BrNO2. The second-order valence-corrected chi connectivity index (χ2v) is 4.87. The van der Waals surface area contributed by atoms with Crippen LogP contribution in [-0.2, 0) is 4.74 Å². The monoisotopic (exact) mass is 285 g/mol. The smallest absolute Gasteiger partial charge is 0.133 e. The highest BCUT2D eigenvalue weighted by Crippen LogP contribution is 2.28. The summed E-state index contributed by atoms with van der Waals surface area (Å²) in [6.45, 7) is 3.80. The van der Waals surface area contributed by atoms with Gasteiger partial charge in [0, 0.05) is 6.04 Å². The summed E-state index contributed by atoms with van der Waals surface area (Å²) in [6.07, 6.45) is 0. The largest absolute Gasteiger partial charge is 0.496 e. The van der Waals surface area contributed by atoms with Gasteiger partial charge in [-0.15, -0.1) is 0 Å². The maximum Gasteiger partial charge on any atom is 0.133 e. The van der Waals surface area contributed by atoms with Gasteiger partial charge >= 0.3 is 0 Å². The van der Waals surface area contributed by atoms with Crippen LogP contribution in [0.1, 0.15) is 18.5 Å². The SMILES string of the molecule is COc1ccc(C(C)NC2COC2)cc1Br. The number of ether oxygens (including phenoxy) is 2. The Morgan fingerprint density at radius 2 is 2.25 bits per heavy atom. The van der Waals surface area contributed by atoms with E-state index in [2.05, 4.69) is 40.3 Å². The van der Waals surface area contributed by atoms with E-state index in [4.69, 9.17) is 9.47 Å². The normalized spacial score (nSPS) is 17.9. The van der Waals surface area contributed by atoms with E-state index < -0.39 is 0 Å². The van der Waals surface area contributed by atoms with Crippen molar-refractivity contribution in [3.63, 3.8) is 0 Å². The molecule has 1 unspecified atom stereocenters. The molecule has 0 spiro atoms. The zero-order valence-corrected chi connectivity index (χ0v) is 11.1. The molecule has 1 heterocycles. The van der Waals surface area contributed by atoms with E-state index in [-0.39, 0.29) is 0 Å².